The number of nitrogens with zero attached hydrogens (tertiary/aromatic N) is 14. The van der Waals surface area contributed by atoms with Crippen LogP contribution >= 0.6 is 0 Å². The second kappa shape index (κ2) is 38.9. The molecule has 2 atom stereocenters. The largest absolute Gasteiger partial charge is 0.418 e. The van der Waals surface area contributed by atoms with Crippen LogP contribution in [0.25, 0.3) is 74.5 Å². The molecule has 16 rings (SSSR count). The number of halogens is 8. The molecule has 5 aliphatic carbocycles. The summed E-state index contributed by atoms with van der Waals surface area (Å²) in [6, 6.07) is 21.7. The molecule has 11 aromatic rings. The summed E-state index contributed by atoms with van der Waals surface area (Å²) in [5.74, 6) is -3.48. The highest BCUT2D eigenvalue weighted by molar-refractivity contribution is 5.97. The van der Waals surface area contributed by atoms with Crippen LogP contribution in [0, 0.1) is 49.6 Å². The molecule has 5 fully saturated rings. The minimum Gasteiger partial charge on any atom is -0.390 e. The number of benzene rings is 6. The topological polar surface area (TPSA) is 373 Å². The van der Waals surface area contributed by atoms with E-state index >= 15 is 0 Å². The number of fused-ring (bicyclic) bond motifs is 5. The SMILES string of the molecule is CC(C)(O)CC(=O)Nc1nc2c(C(F)(F)F)cc(C(C)(C)O)cc2n1C1CCC1.[C-]#[N+]c1cc2c(cc1F)nc(NC(=O)CC(C)(C)O)n2C1(C)CCC1.[C-]#[N+]c1cc2c(cc1F)nc(NC(=O)CC(C)(C)O)n2C1(C)CCC1.[C-]#[N+]c1cc2c(cc1F)nc(NC(=O)CC(O)(CC)CF)n2C1(C)CCC1.[C-]#[N+]c1ccc2nc(NC(=O)C[C@@](C)(O)c3ccccc3F)n(C3CCC3)c2c1. The number of amides is 5. The van der Waals surface area contributed by atoms with Gasteiger partial charge in [0, 0.05) is 34.3 Å². The molecule has 11 N–H and O–H groups in total. The Morgan fingerprint density at radius 2 is 0.785 bits per heavy atom. The third kappa shape index (κ3) is 22.9. The summed E-state index contributed by atoms with van der Waals surface area (Å²) in [7, 11) is 0. The third-order valence-electron chi connectivity index (χ3n) is 25.3. The second-order valence-electron chi connectivity index (χ2n) is 39.1. The summed E-state index contributed by atoms with van der Waals surface area (Å²) in [6.07, 6.45) is 8.34. The fourth-order valence-corrected chi connectivity index (χ4v) is 17.2. The predicted molar refractivity (Wildman–Crippen MR) is 494 cm³/mol. The van der Waals surface area contributed by atoms with Crippen LogP contribution in [0.3, 0.4) is 0 Å². The van der Waals surface area contributed by atoms with E-state index in [1.165, 1.54) is 95.3 Å². The zero-order valence-corrected chi connectivity index (χ0v) is 77.4. The Bertz CT molecular complexity index is 6420. The Balaban J connectivity index is 0.000000152. The Morgan fingerprint density at radius 1 is 0.422 bits per heavy atom. The minimum atomic E-state index is -4.67. The highest BCUT2D eigenvalue weighted by Gasteiger charge is 2.44. The summed E-state index contributed by atoms with van der Waals surface area (Å²) < 4.78 is 119. The first-order valence-electron chi connectivity index (χ1n) is 44.5. The second-order valence-corrected chi connectivity index (χ2v) is 39.1. The van der Waals surface area contributed by atoms with E-state index in [9.17, 15) is 89.7 Å². The average molecular weight is 1870 g/mol. The molecule has 5 amide bonds. The lowest BCUT2D eigenvalue weighted by Gasteiger charge is -2.41. The van der Waals surface area contributed by atoms with Crippen LogP contribution in [0.15, 0.2) is 91.0 Å². The van der Waals surface area contributed by atoms with Gasteiger partial charge < -0.3 is 53.5 Å². The van der Waals surface area contributed by atoms with Crippen molar-refractivity contribution < 1.29 is 89.7 Å². The van der Waals surface area contributed by atoms with Crippen LogP contribution in [0.4, 0.5) is 87.6 Å². The molecule has 1 unspecified atom stereocenters. The quantitative estimate of drug-likeness (QED) is 0.0198. The molecule has 0 spiro atoms. The van der Waals surface area contributed by atoms with Crippen molar-refractivity contribution in [3.8, 4) is 0 Å². The van der Waals surface area contributed by atoms with E-state index in [1.807, 2.05) is 25.2 Å². The van der Waals surface area contributed by atoms with Crippen molar-refractivity contribution in [2.75, 3.05) is 33.3 Å². The smallest absolute Gasteiger partial charge is 0.390 e. The fraction of sp³-hybridized carbons (Fsp3) is 0.485. The highest BCUT2D eigenvalue weighted by Crippen LogP contribution is 2.50. The first-order chi connectivity index (χ1) is 63.1. The Kier molecular flexibility index (Phi) is 29.1. The van der Waals surface area contributed by atoms with Gasteiger partial charge in [0.1, 0.15) is 41.1 Å². The van der Waals surface area contributed by atoms with E-state index in [0.29, 0.717) is 62.1 Å². The van der Waals surface area contributed by atoms with E-state index in [1.54, 1.807) is 63.5 Å². The fourth-order valence-electron chi connectivity index (χ4n) is 17.2. The number of alkyl halides is 4. The molecule has 30 nitrogen and oxygen atoms in total. The van der Waals surface area contributed by atoms with Gasteiger partial charge in [-0.25, -0.2) is 66.3 Å². The maximum absolute atomic E-state index is 14.1. The maximum Gasteiger partial charge on any atom is 0.418 e. The molecule has 38 heteroatoms. The number of rotatable bonds is 24. The third-order valence-corrected chi connectivity index (χ3v) is 25.3. The predicted octanol–water partition coefficient (Wildman–Crippen LogP) is 20.3. The average Bonchev–Trinajstić information content (AvgIpc) is 1.65. The van der Waals surface area contributed by atoms with E-state index in [0.717, 1.165) is 108 Å². The van der Waals surface area contributed by atoms with Gasteiger partial charge in [0.15, 0.2) is 5.69 Å². The Hall–Kier alpha value is -12.8. The van der Waals surface area contributed by atoms with Gasteiger partial charge >= 0.3 is 6.18 Å². The van der Waals surface area contributed by atoms with Gasteiger partial charge in [-0.05, 0) is 258 Å². The first-order valence-corrected chi connectivity index (χ1v) is 44.5. The van der Waals surface area contributed by atoms with E-state index < -0.39 is 99.4 Å². The number of carbonyl (C=O) groups is 5. The van der Waals surface area contributed by atoms with Gasteiger partial charge in [-0.3, -0.25) is 50.6 Å². The van der Waals surface area contributed by atoms with Crippen LogP contribution in [0.1, 0.15) is 254 Å². The van der Waals surface area contributed by atoms with Crippen molar-refractivity contribution >= 4 is 137 Å². The van der Waals surface area contributed by atoms with E-state index in [-0.39, 0.29) is 124 Å². The number of nitrogens with one attached hydrogen (secondary N) is 5. The van der Waals surface area contributed by atoms with Crippen molar-refractivity contribution in [1.29, 1.82) is 0 Å². The van der Waals surface area contributed by atoms with E-state index in [4.69, 9.17) is 26.3 Å². The number of hydrogen-bond acceptors (Lipinski definition) is 16. The number of aromatic nitrogens is 10. The van der Waals surface area contributed by atoms with Gasteiger partial charge in [-0.2, -0.15) is 13.2 Å². The number of anilines is 5. The number of hydrogen-bond donors (Lipinski definition) is 11. The van der Waals surface area contributed by atoms with Crippen LogP contribution in [-0.2, 0) is 58.0 Å². The zero-order chi connectivity index (χ0) is 99.0. The Morgan fingerprint density at radius 3 is 1.11 bits per heavy atom. The lowest BCUT2D eigenvalue weighted by Crippen LogP contribution is -2.39. The van der Waals surface area contributed by atoms with E-state index in [2.05, 4.69) is 84.7 Å². The minimum absolute atomic E-state index is 0.0253. The molecule has 0 radical (unpaired) electrons. The van der Waals surface area contributed by atoms with Crippen LogP contribution in [0.5, 0.6) is 0 Å². The molecular formula is C97H111F8N19O11. The van der Waals surface area contributed by atoms with Crippen molar-refractivity contribution in [2.45, 2.75) is 293 Å². The molecular weight excluding hydrogens is 1760 g/mol. The molecule has 0 aliphatic heterocycles. The number of imidazole rings is 5. The van der Waals surface area contributed by atoms with Crippen molar-refractivity contribution in [3.05, 3.63) is 177 Å². The molecule has 5 aromatic heterocycles. The maximum atomic E-state index is 14.1. The number of aliphatic hydroxyl groups is 6. The van der Waals surface area contributed by atoms with Gasteiger partial charge in [0.25, 0.3) is 0 Å². The van der Waals surface area contributed by atoms with Crippen molar-refractivity contribution in [2.24, 2.45) is 0 Å². The highest BCUT2D eigenvalue weighted by atomic mass is 19.4. The zero-order valence-electron chi connectivity index (χ0n) is 77.4. The molecule has 0 saturated heterocycles. The first kappa shape index (κ1) is 101. The summed E-state index contributed by atoms with van der Waals surface area (Å²) in [6.45, 7) is 48.7. The lowest BCUT2D eigenvalue weighted by atomic mass is 9.78. The Labute approximate surface area is 774 Å². The lowest BCUT2D eigenvalue weighted by molar-refractivity contribution is -0.136. The van der Waals surface area contributed by atoms with Gasteiger partial charge in [0.2, 0.25) is 76.3 Å². The van der Waals surface area contributed by atoms with Crippen molar-refractivity contribution in [1.82, 2.24) is 47.8 Å². The van der Waals surface area contributed by atoms with Crippen LogP contribution < -0.4 is 26.6 Å². The van der Waals surface area contributed by atoms with Gasteiger partial charge in [0.05, 0.1) is 142 Å². The molecule has 5 saturated carbocycles. The summed E-state index contributed by atoms with van der Waals surface area (Å²) >= 11 is 0. The molecule has 716 valence electrons. The van der Waals surface area contributed by atoms with Gasteiger partial charge in [-0.15, -0.1) is 0 Å². The monoisotopic (exact) mass is 1870 g/mol. The van der Waals surface area contributed by atoms with Crippen molar-refractivity contribution in [3.63, 3.8) is 0 Å². The van der Waals surface area contributed by atoms with Crippen LogP contribution in [-0.4, -0.2) is 137 Å². The molecule has 135 heavy (non-hydrogen) atoms. The molecule has 5 heterocycles. The normalized spacial score (nSPS) is 16.5. The molecule has 5 aliphatic rings. The summed E-state index contributed by atoms with van der Waals surface area (Å²) in [5, 5.41) is 74.1. The number of carbonyl (C=O) groups excluding carboxylic acids is 5. The summed E-state index contributed by atoms with van der Waals surface area (Å²) in [5.41, 5.74) is -5.23. The van der Waals surface area contributed by atoms with Crippen LogP contribution in [0.2, 0.25) is 0 Å². The molecule has 6 aromatic carbocycles. The molecule has 0 bridgehead atoms. The summed E-state index contributed by atoms with van der Waals surface area (Å²) in [4.78, 5) is 96.7. The standard InChI is InChI=1S/C22H21FN4O2.C20H26F3N3O3.C19H22F2N4O2.2C18H21FN4O2/c1-22(29,16-8-3-4-9-17(16)23)13-20(28)26-21-25-18-11-10-14(24-2)12-19(18)27(21)15-6-5-7-15;1-18(2,28)10-15(27)24-17-25-16-13(20(21,22)23)8-11(19(3,4)29)9-14(16)26(17)12-6-5-7-12;1-4-19(27,11-20)10-16(26)24-17-23-14-8-12(21)13(22-3)9-15(14)25(17)18(2)6-5-7-18;2*1-17(2,25)10-15(24)22-16-21-13-8-11(19)12(20-4)9-14(13)23(16)18(3)6-5-7-18/h3-4,8-12,15,29H,5-7,13H2,1H3,(H,25,26,28);8-9,12,28-29H,5-7,10H2,1-4H3,(H,24,25,27);8-9,27H,4-7,10-11H2,1-2H3,(H,23,24,26);2*8-9,25H,5-7,10H2,1-3H3,(H,21,22,24)/t22-;;;;/m1..../s1. The van der Waals surface area contributed by atoms with Gasteiger partial charge in [-0.1, -0.05) is 31.2 Å².